The van der Waals surface area contributed by atoms with Crippen LogP contribution < -0.4 is 16.2 Å². The van der Waals surface area contributed by atoms with E-state index in [2.05, 4.69) is 32.0 Å². The number of rotatable bonds is 5. The zero-order chi connectivity index (χ0) is 14.0. The second-order valence-corrected chi connectivity index (χ2v) is 5.69. The molecule has 1 atom stereocenters. The van der Waals surface area contributed by atoms with E-state index in [1.807, 2.05) is 0 Å². The standard InChI is InChI=1S/C15H24N2O2/c1-10(2)11-4-5-12(13(6-11)18-3)14(17)15(7-16)8-19-9-15/h4-6,10,14H,7-9,16-17H2,1-3H3. The van der Waals surface area contributed by atoms with Gasteiger partial charge in [-0.3, -0.25) is 0 Å². The second-order valence-electron chi connectivity index (χ2n) is 5.69. The lowest BCUT2D eigenvalue weighted by Crippen LogP contribution is -2.55. The van der Waals surface area contributed by atoms with Crippen molar-refractivity contribution in [2.45, 2.75) is 25.8 Å². The lowest BCUT2D eigenvalue weighted by Gasteiger charge is -2.45. The smallest absolute Gasteiger partial charge is 0.123 e. The van der Waals surface area contributed by atoms with Gasteiger partial charge < -0.3 is 20.9 Å². The Morgan fingerprint density at radius 3 is 2.47 bits per heavy atom. The van der Waals surface area contributed by atoms with Crippen LogP contribution >= 0.6 is 0 Å². The topological polar surface area (TPSA) is 70.5 Å². The van der Waals surface area contributed by atoms with E-state index in [9.17, 15) is 0 Å². The molecule has 1 aliphatic heterocycles. The number of hydrogen-bond acceptors (Lipinski definition) is 4. The Morgan fingerprint density at radius 2 is 2.05 bits per heavy atom. The maximum Gasteiger partial charge on any atom is 0.123 e. The molecule has 19 heavy (non-hydrogen) atoms. The molecule has 1 aliphatic rings. The van der Waals surface area contributed by atoms with Gasteiger partial charge in [0, 0.05) is 23.6 Å². The van der Waals surface area contributed by atoms with Crippen molar-refractivity contribution in [2.24, 2.45) is 16.9 Å². The molecule has 4 nitrogen and oxygen atoms in total. The summed E-state index contributed by atoms with van der Waals surface area (Å²) in [6.07, 6.45) is 0. The van der Waals surface area contributed by atoms with Gasteiger partial charge in [-0.1, -0.05) is 26.0 Å². The summed E-state index contributed by atoms with van der Waals surface area (Å²) in [5.41, 5.74) is 14.4. The van der Waals surface area contributed by atoms with Crippen molar-refractivity contribution in [3.05, 3.63) is 29.3 Å². The van der Waals surface area contributed by atoms with Gasteiger partial charge in [0.2, 0.25) is 0 Å². The van der Waals surface area contributed by atoms with E-state index in [1.165, 1.54) is 5.56 Å². The highest BCUT2D eigenvalue weighted by Crippen LogP contribution is 2.41. The molecule has 2 rings (SSSR count). The van der Waals surface area contributed by atoms with Crippen LogP contribution in [-0.4, -0.2) is 26.9 Å². The van der Waals surface area contributed by atoms with Gasteiger partial charge in [0.05, 0.1) is 20.3 Å². The van der Waals surface area contributed by atoms with E-state index < -0.39 is 0 Å². The third kappa shape index (κ3) is 2.48. The Kier molecular flexibility index (Phi) is 4.13. The van der Waals surface area contributed by atoms with Crippen molar-refractivity contribution in [1.82, 2.24) is 0 Å². The van der Waals surface area contributed by atoms with Crippen molar-refractivity contribution in [3.8, 4) is 5.75 Å². The molecule has 106 valence electrons. The molecule has 0 bridgehead atoms. The molecule has 0 aliphatic carbocycles. The average Bonchev–Trinajstić information content (AvgIpc) is 2.37. The van der Waals surface area contributed by atoms with Crippen LogP contribution in [0.5, 0.6) is 5.75 Å². The Morgan fingerprint density at radius 1 is 1.37 bits per heavy atom. The summed E-state index contributed by atoms with van der Waals surface area (Å²) in [7, 11) is 1.68. The van der Waals surface area contributed by atoms with Gasteiger partial charge in [-0.05, 0) is 17.5 Å². The van der Waals surface area contributed by atoms with Gasteiger partial charge in [0.15, 0.2) is 0 Å². The minimum absolute atomic E-state index is 0.146. The minimum Gasteiger partial charge on any atom is -0.496 e. The lowest BCUT2D eigenvalue weighted by molar-refractivity contribution is -0.121. The van der Waals surface area contributed by atoms with Crippen LogP contribution in [0.4, 0.5) is 0 Å². The summed E-state index contributed by atoms with van der Waals surface area (Å²) in [5, 5.41) is 0. The van der Waals surface area contributed by atoms with Gasteiger partial charge in [-0.2, -0.15) is 0 Å². The monoisotopic (exact) mass is 264 g/mol. The van der Waals surface area contributed by atoms with Crippen LogP contribution in [0.15, 0.2) is 18.2 Å². The average molecular weight is 264 g/mol. The number of methoxy groups -OCH3 is 1. The molecule has 0 radical (unpaired) electrons. The summed E-state index contributed by atoms with van der Waals surface area (Å²) < 4.78 is 10.8. The Balaban J connectivity index is 2.33. The van der Waals surface area contributed by atoms with Crippen molar-refractivity contribution in [3.63, 3.8) is 0 Å². The molecule has 1 saturated heterocycles. The van der Waals surface area contributed by atoms with E-state index in [1.54, 1.807) is 7.11 Å². The quantitative estimate of drug-likeness (QED) is 0.850. The first-order valence-electron chi connectivity index (χ1n) is 6.75. The van der Waals surface area contributed by atoms with E-state index >= 15 is 0 Å². The Bertz CT molecular complexity index is 436. The SMILES string of the molecule is COc1cc(C(C)C)ccc1C(N)C1(CN)COC1. The van der Waals surface area contributed by atoms with Crippen LogP contribution in [0, 0.1) is 5.41 Å². The van der Waals surface area contributed by atoms with Crippen molar-refractivity contribution in [2.75, 3.05) is 26.9 Å². The first kappa shape index (κ1) is 14.3. The highest BCUT2D eigenvalue weighted by molar-refractivity contribution is 5.41. The first-order chi connectivity index (χ1) is 9.04. The highest BCUT2D eigenvalue weighted by Gasteiger charge is 2.44. The predicted molar refractivity (Wildman–Crippen MR) is 76.3 cm³/mol. The largest absolute Gasteiger partial charge is 0.496 e. The third-order valence-electron chi connectivity index (χ3n) is 4.10. The number of hydrogen-bond donors (Lipinski definition) is 2. The summed E-state index contributed by atoms with van der Waals surface area (Å²) in [6, 6.07) is 6.10. The maximum absolute atomic E-state index is 6.41. The molecule has 0 spiro atoms. The molecule has 1 aromatic carbocycles. The number of nitrogens with two attached hydrogens (primary N) is 2. The van der Waals surface area contributed by atoms with Gasteiger partial charge >= 0.3 is 0 Å². The third-order valence-corrected chi connectivity index (χ3v) is 4.10. The molecule has 0 saturated carbocycles. The predicted octanol–water partition coefficient (Wildman–Crippen LogP) is 1.79. The van der Waals surface area contributed by atoms with Crippen molar-refractivity contribution < 1.29 is 9.47 Å². The van der Waals surface area contributed by atoms with E-state index in [-0.39, 0.29) is 11.5 Å². The fourth-order valence-electron chi connectivity index (χ4n) is 2.46. The van der Waals surface area contributed by atoms with Crippen LogP contribution in [0.1, 0.15) is 36.9 Å². The zero-order valence-corrected chi connectivity index (χ0v) is 12.0. The molecular formula is C15H24N2O2. The van der Waals surface area contributed by atoms with Crippen LogP contribution in [0.25, 0.3) is 0 Å². The van der Waals surface area contributed by atoms with Gasteiger partial charge in [0.25, 0.3) is 0 Å². The number of ether oxygens (including phenoxy) is 2. The van der Waals surface area contributed by atoms with Crippen LogP contribution in [0.2, 0.25) is 0 Å². The fraction of sp³-hybridized carbons (Fsp3) is 0.600. The lowest BCUT2D eigenvalue weighted by atomic mass is 9.75. The summed E-state index contributed by atoms with van der Waals surface area (Å²) in [5.74, 6) is 1.31. The van der Waals surface area contributed by atoms with E-state index in [0.29, 0.717) is 25.7 Å². The Labute approximate surface area is 115 Å². The molecule has 1 heterocycles. The van der Waals surface area contributed by atoms with Crippen LogP contribution in [-0.2, 0) is 4.74 Å². The fourth-order valence-corrected chi connectivity index (χ4v) is 2.46. The molecule has 0 aromatic heterocycles. The second kappa shape index (κ2) is 5.49. The van der Waals surface area contributed by atoms with E-state index in [0.717, 1.165) is 11.3 Å². The molecule has 0 amide bonds. The molecule has 4 N–H and O–H groups in total. The molecule has 4 heteroatoms. The molecule has 1 aromatic rings. The Hall–Kier alpha value is -1.10. The normalized spacial score (nSPS) is 19.1. The van der Waals surface area contributed by atoms with E-state index in [4.69, 9.17) is 20.9 Å². The highest BCUT2D eigenvalue weighted by atomic mass is 16.5. The first-order valence-corrected chi connectivity index (χ1v) is 6.75. The molecular weight excluding hydrogens is 240 g/mol. The zero-order valence-electron chi connectivity index (χ0n) is 12.0. The summed E-state index contributed by atoms with van der Waals surface area (Å²) >= 11 is 0. The molecule has 1 unspecified atom stereocenters. The van der Waals surface area contributed by atoms with Gasteiger partial charge in [-0.15, -0.1) is 0 Å². The molecule has 1 fully saturated rings. The van der Waals surface area contributed by atoms with Crippen molar-refractivity contribution in [1.29, 1.82) is 0 Å². The van der Waals surface area contributed by atoms with Gasteiger partial charge in [-0.25, -0.2) is 0 Å². The summed E-state index contributed by atoms with van der Waals surface area (Å²) in [4.78, 5) is 0. The van der Waals surface area contributed by atoms with Crippen molar-refractivity contribution >= 4 is 0 Å². The van der Waals surface area contributed by atoms with Gasteiger partial charge in [0.1, 0.15) is 5.75 Å². The maximum atomic E-state index is 6.41. The summed E-state index contributed by atoms with van der Waals surface area (Å²) in [6.45, 7) is 6.10. The minimum atomic E-state index is -0.151. The number of benzene rings is 1. The van der Waals surface area contributed by atoms with Crippen LogP contribution in [0.3, 0.4) is 0 Å².